The van der Waals surface area contributed by atoms with Gasteiger partial charge in [-0.3, -0.25) is 0 Å². The quantitative estimate of drug-likeness (QED) is 0.105. The number of allylic oxidation sites excluding steroid dienone is 2. The van der Waals surface area contributed by atoms with Gasteiger partial charge >= 0.3 is 0 Å². The fourth-order valence-corrected chi connectivity index (χ4v) is 4.20. The van der Waals surface area contributed by atoms with Crippen molar-refractivity contribution in [1.82, 2.24) is 4.90 Å². The van der Waals surface area contributed by atoms with Gasteiger partial charge in [0.25, 0.3) is 0 Å². The summed E-state index contributed by atoms with van der Waals surface area (Å²) in [6, 6.07) is 0. The van der Waals surface area contributed by atoms with Crippen LogP contribution in [0.4, 0.5) is 0 Å². The van der Waals surface area contributed by atoms with Crippen LogP contribution in [-0.2, 0) is 0 Å². The average Bonchev–Trinajstić information content (AvgIpc) is 2.76. The van der Waals surface area contributed by atoms with Crippen LogP contribution in [-0.4, -0.2) is 25.0 Å². The number of rotatable bonds is 25. The molecule has 0 atom stereocenters. The molecule has 0 bridgehead atoms. The van der Waals surface area contributed by atoms with Crippen molar-refractivity contribution in [3.8, 4) is 0 Å². The zero-order valence-electron chi connectivity index (χ0n) is 21.6. The van der Waals surface area contributed by atoms with Crippen LogP contribution in [0.2, 0.25) is 0 Å². The highest BCUT2D eigenvalue weighted by molar-refractivity contribution is 4.81. The van der Waals surface area contributed by atoms with Crippen molar-refractivity contribution in [1.29, 1.82) is 0 Å². The highest BCUT2D eigenvalue weighted by atomic mass is 15.1. The number of nitrogens with zero attached hydrogens (tertiary/aromatic N) is 1. The van der Waals surface area contributed by atoms with E-state index in [1.165, 1.54) is 154 Å². The molecular weight excluding hydrogens is 362 g/mol. The molecule has 0 aliphatic carbocycles. The van der Waals surface area contributed by atoms with E-state index in [-0.39, 0.29) is 0 Å². The Morgan fingerprint density at radius 1 is 0.433 bits per heavy atom. The third-order valence-electron chi connectivity index (χ3n) is 6.59. The molecule has 0 aliphatic rings. The summed E-state index contributed by atoms with van der Waals surface area (Å²) < 4.78 is 0. The van der Waals surface area contributed by atoms with Gasteiger partial charge < -0.3 is 4.90 Å². The van der Waals surface area contributed by atoms with Crippen LogP contribution in [0.15, 0.2) is 12.2 Å². The standard InChI is InChI=1S/C29H59N/c1-4-6-7-8-9-10-11-12-13-14-15-16-17-18-19-20-21-22-23-24-25-26-27-28-29-30(3)5-2/h21-22H,4-20,23-29H2,1-3H3/b22-21-. The molecule has 0 aromatic carbocycles. The molecule has 0 aromatic heterocycles. The van der Waals surface area contributed by atoms with Crippen LogP contribution in [0.3, 0.4) is 0 Å². The second kappa shape index (κ2) is 26.7. The maximum absolute atomic E-state index is 2.44. The first-order valence-electron chi connectivity index (χ1n) is 14.1. The Morgan fingerprint density at radius 2 is 0.767 bits per heavy atom. The van der Waals surface area contributed by atoms with Gasteiger partial charge in [-0.15, -0.1) is 0 Å². The van der Waals surface area contributed by atoms with Crippen molar-refractivity contribution in [3.05, 3.63) is 12.2 Å². The van der Waals surface area contributed by atoms with Crippen LogP contribution in [0.1, 0.15) is 155 Å². The van der Waals surface area contributed by atoms with Gasteiger partial charge in [0.05, 0.1) is 0 Å². The molecule has 0 radical (unpaired) electrons. The lowest BCUT2D eigenvalue weighted by Crippen LogP contribution is -2.18. The molecule has 0 spiro atoms. The van der Waals surface area contributed by atoms with Crippen molar-refractivity contribution in [2.24, 2.45) is 0 Å². The summed E-state index contributed by atoms with van der Waals surface area (Å²) in [6.45, 7) is 7.00. The van der Waals surface area contributed by atoms with Crippen LogP contribution in [0, 0.1) is 0 Å². The zero-order valence-corrected chi connectivity index (χ0v) is 21.6. The Balaban J connectivity index is 3.08. The molecule has 0 aliphatic heterocycles. The Morgan fingerprint density at radius 3 is 1.13 bits per heavy atom. The second-order valence-corrected chi connectivity index (χ2v) is 9.66. The topological polar surface area (TPSA) is 3.24 Å². The summed E-state index contributed by atoms with van der Waals surface area (Å²) in [5.74, 6) is 0. The normalized spacial score (nSPS) is 11.9. The van der Waals surface area contributed by atoms with E-state index in [1.54, 1.807) is 0 Å². The molecule has 0 aromatic rings. The third-order valence-corrected chi connectivity index (χ3v) is 6.59. The van der Waals surface area contributed by atoms with Gasteiger partial charge in [-0.1, -0.05) is 135 Å². The van der Waals surface area contributed by atoms with Gasteiger partial charge in [0, 0.05) is 0 Å². The van der Waals surface area contributed by atoms with E-state index >= 15 is 0 Å². The monoisotopic (exact) mass is 421 g/mol. The van der Waals surface area contributed by atoms with Crippen LogP contribution in [0.25, 0.3) is 0 Å². The minimum absolute atomic E-state index is 1.18. The minimum Gasteiger partial charge on any atom is -0.307 e. The molecule has 0 heterocycles. The Labute approximate surface area is 192 Å². The maximum Gasteiger partial charge on any atom is -0.00219 e. The Hall–Kier alpha value is -0.300. The molecule has 0 rings (SSSR count). The summed E-state index contributed by atoms with van der Waals surface area (Å²) in [4.78, 5) is 2.42. The molecule has 180 valence electrons. The summed E-state index contributed by atoms with van der Waals surface area (Å²) >= 11 is 0. The smallest absolute Gasteiger partial charge is 0.00219 e. The van der Waals surface area contributed by atoms with E-state index in [2.05, 4.69) is 37.9 Å². The highest BCUT2D eigenvalue weighted by Gasteiger charge is 1.95. The lowest BCUT2D eigenvalue weighted by atomic mass is 10.0. The van der Waals surface area contributed by atoms with Crippen molar-refractivity contribution in [2.45, 2.75) is 155 Å². The molecule has 0 amide bonds. The lowest BCUT2D eigenvalue weighted by Gasteiger charge is -2.12. The summed E-state index contributed by atoms with van der Waals surface area (Å²) in [5.41, 5.74) is 0. The molecular formula is C29H59N. The van der Waals surface area contributed by atoms with Gasteiger partial charge in [0.15, 0.2) is 0 Å². The molecule has 0 saturated carbocycles. The molecule has 0 unspecified atom stereocenters. The van der Waals surface area contributed by atoms with Crippen molar-refractivity contribution in [2.75, 3.05) is 20.1 Å². The highest BCUT2D eigenvalue weighted by Crippen LogP contribution is 2.14. The van der Waals surface area contributed by atoms with E-state index in [1.807, 2.05) is 0 Å². The first kappa shape index (κ1) is 29.7. The van der Waals surface area contributed by atoms with E-state index in [4.69, 9.17) is 0 Å². The molecule has 0 N–H and O–H groups in total. The molecule has 0 fully saturated rings. The van der Waals surface area contributed by atoms with Gasteiger partial charge in [0.1, 0.15) is 0 Å². The number of hydrogen-bond acceptors (Lipinski definition) is 1. The summed E-state index contributed by atoms with van der Waals surface area (Å²) in [6.07, 6.45) is 36.4. The van der Waals surface area contributed by atoms with Crippen LogP contribution < -0.4 is 0 Å². The van der Waals surface area contributed by atoms with Crippen molar-refractivity contribution in [3.63, 3.8) is 0 Å². The summed E-state index contributed by atoms with van der Waals surface area (Å²) in [5, 5.41) is 0. The van der Waals surface area contributed by atoms with E-state index in [0.717, 1.165) is 0 Å². The van der Waals surface area contributed by atoms with E-state index < -0.39 is 0 Å². The number of hydrogen-bond donors (Lipinski definition) is 0. The van der Waals surface area contributed by atoms with Crippen LogP contribution in [0.5, 0.6) is 0 Å². The maximum atomic E-state index is 2.44. The predicted octanol–water partition coefficient (Wildman–Crippen LogP) is 10.1. The van der Waals surface area contributed by atoms with Crippen LogP contribution >= 0.6 is 0 Å². The first-order chi connectivity index (χ1) is 14.8. The first-order valence-corrected chi connectivity index (χ1v) is 14.1. The fourth-order valence-electron chi connectivity index (χ4n) is 4.20. The zero-order chi connectivity index (χ0) is 22.0. The lowest BCUT2D eigenvalue weighted by molar-refractivity contribution is 0.340. The number of unbranched alkanes of at least 4 members (excludes halogenated alkanes) is 20. The van der Waals surface area contributed by atoms with Gasteiger partial charge in [-0.05, 0) is 52.2 Å². The van der Waals surface area contributed by atoms with Crippen molar-refractivity contribution < 1.29 is 0 Å². The van der Waals surface area contributed by atoms with Gasteiger partial charge in [-0.25, -0.2) is 0 Å². The fraction of sp³-hybridized carbons (Fsp3) is 0.931. The largest absolute Gasteiger partial charge is 0.307 e. The van der Waals surface area contributed by atoms with E-state index in [9.17, 15) is 0 Å². The third kappa shape index (κ3) is 25.7. The molecule has 1 heteroatoms. The molecule has 30 heavy (non-hydrogen) atoms. The Bertz CT molecular complexity index is 322. The predicted molar refractivity (Wildman–Crippen MR) is 140 cm³/mol. The molecule has 0 saturated heterocycles. The van der Waals surface area contributed by atoms with Crippen molar-refractivity contribution >= 4 is 0 Å². The minimum atomic E-state index is 1.18. The van der Waals surface area contributed by atoms with E-state index in [0.29, 0.717) is 0 Å². The SMILES string of the molecule is CCCCCCCCCCCCCCCCC/C=C\CCCCCCCN(C)CC. The second-order valence-electron chi connectivity index (χ2n) is 9.66. The van der Waals surface area contributed by atoms with Gasteiger partial charge in [-0.2, -0.15) is 0 Å². The average molecular weight is 422 g/mol. The van der Waals surface area contributed by atoms with Gasteiger partial charge in [0.2, 0.25) is 0 Å². The Kier molecular flexibility index (Phi) is 26.5. The summed E-state index contributed by atoms with van der Waals surface area (Å²) in [7, 11) is 2.23. The molecule has 1 nitrogen and oxygen atoms in total.